The van der Waals surface area contributed by atoms with Crippen molar-refractivity contribution < 1.29 is 9.59 Å². The molecule has 104 valence electrons. The number of nitrogens with zero attached hydrogens (tertiary/aromatic N) is 1. The minimum Gasteiger partial charge on any atom is -0.354 e. The molecule has 0 aromatic carbocycles. The fourth-order valence-electron chi connectivity index (χ4n) is 3.02. The first-order valence-electron chi connectivity index (χ1n) is 6.91. The van der Waals surface area contributed by atoms with Crippen LogP contribution >= 0.6 is 0 Å². The fourth-order valence-corrected chi connectivity index (χ4v) is 3.02. The van der Waals surface area contributed by atoms with Crippen molar-refractivity contribution in [2.75, 3.05) is 13.1 Å². The van der Waals surface area contributed by atoms with Gasteiger partial charge in [0.1, 0.15) is 5.69 Å². The number of Topliss-reactive ketones (excluding diaryl/α,β-unsaturated/α-hetero) is 1. The van der Waals surface area contributed by atoms with Gasteiger partial charge in [0.2, 0.25) is 0 Å². The third kappa shape index (κ3) is 2.57. The molecule has 2 rings (SSSR count). The zero-order valence-electron chi connectivity index (χ0n) is 12.2. The Hall–Kier alpha value is -1.58. The highest BCUT2D eigenvalue weighted by molar-refractivity contribution is 6.02. The minimum atomic E-state index is 0.0114. The van der Waals surface area contributed by atoms with Crippen LogP contribution in [0.5, 0.6) is 0 Å². The highest BCUT2D eigenvalue weighted by atomic mass is 16.2. The van der Waals surface area contributed by atoms with Crippen LogP contribution in [0.4, 0.5) is 0 Å². The van der Waals surface area contributed by atoms with Crippen LogP contribution in [0.2, 0.25) is 0 Å². The van der Waals surface area contributed by atoms with Gasteiger partial charge in [-0.3, -0.25) is 9.59 Å². The summed E-state index contributed by atoms with van der Waals surface area (Å²) < 4.78 is 0. The fraction of sp³-hybridized carbons (Fsp3) is 0.600. The zero-order valence-corrected chi connectivity index (χ0v) is 12.2. The third-order valence-electron chi connectivity index (χ3n) is 3.95. The molecule has 0 aliphatic carbocycles. The van der Waals surface area contributed by atoms with Crippen molar-refractivity contribution in [3.63, 3.8) is 0 Å². The number of aromatic nitrogens is 1. The van der Waals surface area contributed by atoms with E-state index < -0.39 is 0 Å². The molecule has 19 heavy (non-hydrogen) atoms. The Morgan fingerprint density at radius 3 is 2.53 bits per heavy atom. The van der Waals surface area contributed by atoms with Gasteiger partial charge < -0.3 is 9.88 Å². The maximum absolute atomic E-state index is 12.5. The van der Waals surface area contributed by atoms with Crippen molar-refractivity contribution in [3.8, 4) is 0 Å². The van der Waals surface area contributed by atoms with Gasteiger partial charge in [-0.05, 0) is 45.1 Å². The second-order valence-electron chi connectivity index (χ2n) is 5.68. The highest BCUT2D eigenvalue weighted by Gasteiger charge is 2.26. The van der Waals surface area contributed by atoms with E-state index in [0.717, 1.165) is 30.8 Å². The van der Waals surface area contributed by atoms with Gasteiger partial charge in [-0.2, -0.15) is 0 Å². The molecule has 1 amide bonds. The van der Waals surface area contributed by atoms with Gasteiger partial charge in [0.05, 0.1) is 0 Å². The van der Waals surface area contributed by atoms with Crippen LogP contribution in [0.1, 0.15) is 58.8 Å². The van der Waals surface area contributed by atoms with E-state index in [0.29, 0.717) is 17.2 Å². The molecule has 1 atom stereocenters. The van der Waals surface area contributed by atoms with E-state index in [9.17, 15) is 9.59 Å². The lowest BCUT2D eigenvalue weighted by Crippen LogP contribution is -2.39. The Balaban J connectivity index is 2.29. The average molecular weight is 262 g/mol. The number of carbonyl (C=O) groups excluding carboxylic acids is 2. The van der Waals surface area contributed by atoms with Crippen molar-refractivity contribution in [3.05, 3.63) is 22.5 Å². The molecule has 1 aromatic heterocycles. The molecule has 4 nitrogen and oxygen atoms in total. The molecule has 1 aromatic rings. The standard InChI is InChI=1S/C15H22N2O2/c1-9-6-5-7-17(8-9)15(19)14-10(2)13(12(4)18)11(3)16-14/h9,16H,5-8H2,1-4H3/t9-/m1/s1. The second kappa shape index (κ2) is 5.19. The number of likely N-dealkylation sites (tertiary alicyclic amines) is 1. The molecule has 1 fully saturated rings. The number of hydrogen-bond acceptors (Lipinski definition) is 2. The number of rotatable bonds is 2. The van der Waals surface area contributed by atoms with Crippen LogP contribution in [0.25, 0.3) is 0 Å². The Morgan fingerprint density at radius 2 is 2.00 bits per heavy atom. The number of carbonyl (C=O) groups is 2. The van der Waals surface area contributed by atoms with Gasteiger partial charge in [0, 0.05) is 24.3 Å². The van der Waals surface area contributed by atoms with Crippen molar-refractivity contribution in [1.82, 2.24) is 9.88 Å². The SMILES string of the molecule is CC(=O)c1c(C)[nH]c(C(=O)N2CCC[C@@H](C)C2)c1C. The predicted molar refractivity (Wildman–Crippen MR) is 74.6 cm³/mol. The van der Waals surface area contributed by atoms with Gasteiger partial charge in [0.25, 0.3) is 5.91 Å². The van der Waals surface area contributed by atoms with Crippen molar-refractivity contribution in [1.29, 1.82) is 0 Å². The topological polar surface area (TPSA) is 53.2 Å². The van der Waals surface area contributed by atoms with E-state index in [2.05, 4.69) is 11.9 Å². The maximum atomic E-state index is 12.5. The van der Waals surface area contributed by atoms with E-state index in [-0.39, 0.29) is 11.7 Å². The Kier molecular flexibility index (Phi) is 3.78. The monoisotopic (exact) mass is 262 g/mol. The van der Waals surface area contributed by atoms with E-state index in [4.69, 9.17) is 0 Å². The highest BCUT2D eigenvalue weighted by Crippen LogP contribution is 2.22. The summed E-state index contributed by atoms with van der Waals surface area (Å²) >= 11 is 0. The summed E-state index contributed by atoms with van der Waals surface area (Å²) in [4.78, 5) is 29.1. The number of aromatic amines is 1. The number of piperidine rings is 1. The first-order chi connectivity index (χ1) is 8.91. The van der Waals surface area contributed by atoms with Gasteiger partial charge in [-0.15, -0.1) is 0 Å². The molecule has 0 spiro atoms. The quantitative estimate of drug-likeness (QED) is 0.833. The van der Waals surface area contributed by atoms with Crippen molar-refractivity contribution in [2.45, 2.75) is 40.5 Å². The zero-order chi connectivity index (χ0) is 14.2. The molecule has 0 bridgehead atoms. The normalized spacial score (nSPS) is 19.6. The van der Waals surface area contributed by atoms with Crippen LogP contribution in [0.15, 0.2) is 0 Å². The summed E-state index contributed by atoms with van der Waals surface area (Å²) in [6, 6.07) is 0. The summed E-state index contributed by atoms with van der Waals surface area (Å²) in [6.45, 7) is 9.04. The van der Waals surface area contributed by atoms with E-state index in [1.165, 1.54) is 6.42 Å². The Bertz CT molecular complexity index is 516. The van der Waals surface area contributed by atoms with Crippen molar-refractivity contribution >= 4 is 11.7 Å². The van der Waals surface area contributed by atoms with Crippen LogP contribution in [0, 0.1) is 19.8 Å². The lowest BCUT2D eigenvalue weighted by Gasteiger charge is -2.30. The smallest absolute Gasteiger partial charge is 0.270 e. The summed E-state index contributed by atoms with van der Waals surface area (Å²) in [5.41, 5.74) is 2.82. The third-order valence-corrected chi connectivity index (χ3v) is 3.95. The van der Waals surface area contributed by atoms with Gasteiger partial charge in [-0.25, -0.2) is 0 Å². The van der Waals surface area contributed by atoms with Crippen LogP contribution in [-0.4, -0.2) is 34.7 Å². The summed E-state index contributed by atoms with van der Waals surface area (Å²) in [5, 5.41) is 0. The number of nitrogens with one attached hydrogen (secondary N) is 1. The largest absolute Gasteiger partial charge is 0.354 e. The molecule has 1 aliphatic rings. The molecule has 0 saturated carbocycles. The predicted octanol–water partition coefficient (Wildman–Crippen LogP) is 2.71. The number of hydrogen-bond donors (Lipinski definition) is 1. The van der Waals surface area contributed by atoms with Crippen LogP contribution < -0.4 is 0 Å². The van der Waals surface area contributed by atoms with Gasteiger partial charge in [0.15, 0.2) is 5.78 Å². The first-order valence-corrected chi connectivity index (χ1v) is 6.91. The number of amides is 1. The molecular weight excluding hydrogens is 240 g/mol. The number of ketones is 1. The lowest BCUT2D eigenvalue weighted by molar-refractivity contribution is 0.0677. The van der Waals surface area contributed by atoms with Gasteiger partial charge in [-0.1, -0.05) is 6.92 Å². The average Bonchev–Trinajstić information content (AvgIpc) is 2.63. The van der Waals surface area contributed by atoms with Crippen molar-refractivity contribution in [2.24, 2.45) is 5.92 Å². The van der Waals surface area contributed by atoms with E-state index in [1.54, 1.807) is 6.92 Å². The maximum Gasteiger partial charge on any atom is 0.270 e. The molecule has 4 heteroatoms. The molecular formula is C15H22N2O2. The van der Waals surface area contributed by atoms with Gasteiger partial charge >= 0.3 is 0 Å². The van der Waals surface area contributed by atoms with Crippen LogP contribution in [-0.2, 0) is 0 Å². The van der Waals surface area contributed by atoms with E-state index >= 15 is 0 Å². The summed E-state index contributed by atoms with van der Waals surface area (Å²) in [5.74, 6) is 0.596. The molecule has 1 saturated heterocycles. The molecule has 2 heterocycles. The second-order valence-corrected chi connectivity index (χ2v) is 5.68. The minimum absolute atomic E-state index is 0.0114. The molecule has 1 aliphatic heterocycles. The summed E-state index contributed by atoms with van der Waals surface area (Å²) in [7, 11) is 0. The number of H-pyrrole nitrogens is 1. The lowest BCUT2D eigenvalue weighted by atomic mass is 9.99. The van der Waals surface area contributed by atoms with E-state index in [1.807, 2.05) is 18.7 Å². The first kappa shape index (κ1) is 13.8. The Labute approximate surface area is 114 Å². The summed E-state index contributed by atoms with van der Waals surface area (Å²) in [6.07, 6.45) is 2.25. The molecule has 0 unspecified atom stereocenters. The molecule has 0 radical (unpaired) electrons. The Morgan fingerprint density at radius 1 is 1.32 bits per heavy atom. The number of aryl methyl sites for hydroxylation is 1. The van der Waals surface area contributed by atoms with Crippen LogP contribution in [0.3, 0.4) is 0 Å². The molecule has 1 N–H and O–H groups in total.